The number of aromatic nitrogens is 2. The van der Waals surface area contributed by atoms with E-state index in [1.807, 2.05) is 0 Å². The van der Waals surface area contributed by atoms with Crippen molar-refractivity contribution in [3.8, 4) is 0 Å². The van der Waals surface area contributed by atoms with Crippen LogP contribution in [0.15, 0.2) is 23.7 Å². The Kier molecular flexibility index (Phi) is 2.31. The maximum Gasteiger partial charge on any atom is 0.235 e. The molecule has 62 valence electrons. The molecule has 12 heavy (non-hydrogen) atoms. The zero-order chi connectivity index (χ0) is 9.03. The van der Waals surface area contributed by atoms with Crippen LogP contribution in [0, 0.1) is 0 Å². The monoisotopic (exact) mass is 163 g/mol. The first-order chi connectivity index (χ1) is 5.67. The molecule has 1 aromatic heterocycles. The van der Waals surface area contributed by atoms with Crippen molar-refractivity contribution >= 4 is 6.08 Å². The van der Waals surface area contributed by atoms with Gasteiger partial charge in [0.05, 0.1) is 5.54 Å². The Morgan fingerprint density at radius 1 is 1.42 bits per heavy atom. The summed E-state index contributed by atoms with van der Waals surface area (Å²) >= 11 is 0. The molecular weight excluding hydrogens is 154 g/mol. The predicted octanol–water partition coefficient (Wildman–Crippen LogP) is 1.05. The second-order valence-corrected chi connectivity index (χ2v) is 2.89. The fraction of sp³-hybridized carbons (Fsp3) is 0.375. The molecule has 0 saturated heterocycles. The van der Waals surface area contributed by atoms with Gasteiger partial charge >= 0.3 is 0 Å². The quantitative estimate of drug-likeness (QED) is 0.483. The van der Waals surface area contributed by atoms with Gasteiger partial charge in [0.25, 0.3) is 0 Å². The molecule has 0 spiro atoms. The molecule has 0 bridgehead atoms. The van der Waals surface area contributed by atoms with Crippen molar-refractivity contribution in [3.63, 3.8) is 0 Å². The van der Waals surface area contributed by atoms with Gasteiger partial charge in [-0.15, -0.1) is 0 Å². The number of nitrogens with zero attached hydrogens (tertiary/aromatic N) is 3. The van der Waals surface area contributed by atoms with Crippen LogP contribution in [0.2, 0.25) is 0 Å². The van der Waals surface area contributed by atoms with Crippen LogP contribution in [0.5, 0.6) is 0 Å². The number of hydrogen-bond acceptors (Lipinski definition) is 4. The number of aliphatic imine (C=N–C) groups is 1. The van der Waals surface area contributed by atoms with Crippen LogP contribution < -0.4 is 0 Å². The zero-order valence-electron chi connectivity index (χ0n) is 6.98. The molecule has 0 aliphatic heterocycles. The molecule has 0 saturated carbocycles. The fourth-order valence-corrected chi connectivity index (χ4v) is 0.794. The number of hydrogen-bond donors (Lipinski definition) is 0. The van der Waals surface area contributed by atoms with Crippen LogP contribution in [-0.2, 0) is 10.3 Å². The van der Waals surface area contributed by atoms with Gasteiger partial charge in [-0.2, -0.15) is 4.99 Å². The number of isocyanates is 1. The van der Waals surface area contributed by atoms with Crippen molar-refractivity contribution in [2.24, 2.45) is 4.99 Å². The van der Waals surface area contributed by atoms with E-state index in [2.05, 4.69) is 15.0 Å². The first-order valence-corrected chi connectivity index (χ1v) is 3.51. The van der Waals surface area contributed by atoms with Crippen molar-refractivity contribution in [1.82, 2.24) is 9.97 Å². The van der Waals surface area contributed by atoms with Crippen molar-refractivity contribution in [2.45, 2.75) is 19.4 Å². The van der Waals surface area contributed by atoms with E-state index in [1.165, 1.54) is 12.4 Å². The summed E-state index contributed by atoms with van der Waals surface area (Å²) in [5, 5.41) is 0. The van der Waals surface area contributed by atoms with Crippen molar-refractivity contribution in [2.75, 3.05) is 0 Å². The van der Waals surface area contributed by atoms with Crippen LogP contribution in [0.4, 0.5) is 0 Å². The van der Waals surface area contributed by atoms with E-state index in [0.717, 1.165) is 5.56 Å². The number of carbonyl (C=O) groups excluding carboxylic acids is 1. The molecule has 0 radical (unpaired) electrons. The molecule has 4 nitrogen and oxygen atoms in total. The Bertz CT molecular complexity index is 301. The Morgan fingerprint density at radius 2 is 2.00 bits per heavy atom. The van der Waals surface area contributed by atoms with Crippen molar-refractivity contribution < 1.29 is 4.79 Å². The third-order valence-electron chi connectivity index (χ3n) is 1.59. The Morgan fingerprint density at radius 3 is 2.50 bits per heavy atom. The first kappa shape index (κ1) is 8.56. The summed E-state index contributed by atoms with van der Waals surface area (Å²) in [6.45, 7) is 3.60. The summed E-state index contributed by atoms with van der Waals surface area (Å²) < 4.78 is 0. The highest BCUT2D eigenvalue weighted by atomic mass is 16.1. The highest BCUT2D eigenvalue weighted by molar-refractivity contribution is 5.36. The molecule has 0 fully saturated rings. The maximum absolute atomic E-state index is 10.1. The Labute approximate surface area is 70.4 Å². The van der Waals surface area contributed by atoms with E-state index in [4.69, 9.17) is 0 Å². The molecule has 0 atom stereocenters. The largest absolute Gasteiger partial charge is 0.244 e. The normalized spacial score (nSPS) is 10.5. The second-order valence-electron chi connectivity index (χ2n) is 2.89. The van der Waals surface area contributed by atoms with Gasteiger partial charge in [-0.3, -0.25) is 0 Å². The molecule has 0 N–H and O–H groups in total. The van der Waals surface area contributed by atoms with E-state index in [-0.39, 0.29) is 0 Å². The van der Waals surface area contributed by atoms with E-state index in [0.29, 0.717) is 0 Å². The topological polar surface area (TPSA) is 55.2 Å². The number of rotatable bonds is 2. The summed E-state index contributed by atoms with van der Waals surface area (Å²) in [6, 6.07) is 0. The minimum atomic E-state index is -0.580. The lowest BCUT2D eigenvalue weighted by molar-refractivity contribution is 0.520. The zero-order valence-corrected chi connectivity index (χ0v) is 6.98. The van der Waals surface area contributed by atoms with Gasteiger partial charge in [0.1, 0.15) is 6.33 Å². The van der Waals surface area contributed by atoms with E-state index >= 15 is 0 Å². The lowest BCUT2D eigenvalue weighted by Gasteiger charge is -2.15. The molecule has 0 aliphatic carbocycles. The van der Waals surface area contributed by atoms with Gasteiger partial charge in [0.2, 0.25) is 6.08 Å². The van der Waals surface area contributed by atoms with Crippen LogP contribution in [0.25, 0.3) is 0 Å². The van der Waals surface area contributed by atoms with Gasteiger partial charge in [-0.1, -0.05) is 0 Å². The van der Waals surface area contributed by atoms with Gasteiger partial charge in [0, 0.05) is 18.0 Å². The predicted molar refractivity (Wildman–Crippen MR) is 43.2 cm³/mol. The van der Waals surface area contributed by atoms with Crippen LogP contribution in [-0.4, -0.2) is 16.0 Å². The fourth-order valence-electron chi connectivity index (χ4n) is 0.794. The van der Waals surface area contributed by atoms with E-state index < -0.39 is 5.54 Å². The van der Waals surface area contributed by atoms with Gasteiger partial charge in [-0.05, 0) is 13.8 Å². The summed E-state index contributed by atoms with van der Waals surface area (Å²) in [7, 11) is 0. The van der Waals surface area contributed by atoms with Crippen LogP contribution in [0.1, 0.15) is 19.4 Å². The Hall–Kier alpha value is -1.54. The van der Waals surface area contributed by atoms with E-state index in [9.17, 15) is 4.79 Å². The molecule has 1 aromatic rings. The minimum Gasteiger partial charge on any atom is -0.244 e. The summed E-state index contributed by atoms with van der Waals surface area (Å²) in [6.07, 6.45) is 6.23. The minimum absolute atomic E-state index is 0.580. The molecule has 0 unspecified atom stereocenters. The first-order valence-electron chi connectivity index (χ1n) is 3.51. The van der Waals surface area contributed by atoms with Gasteiger partial charge in [0.15, 0.2) is 0 Å². The molecule has 1 rings (SSSR count). The maximum atomic E-state index is 10.1. The average Bonchev–Trinajstić information content (AvgIpc) is 2.06. The van der Waals surface area contributed by atoms with Gasteiger partial charge < -0.3 is 0 Å². The summed E-state index contributed by atoms with van der Waals surface area (Å²) in [5.74, 6) is 0. The highest BCUT2D eigenvalue weighted by Gasteiger charge is 2.19. The van der Waals surface area contributed by atoms with E-state index in [1.54, 1.807) is 26.2 Å². The molecule has 0 aromatic carbocycles. The average molecular weight is 163 g/mol. The summed E-state index contributed by atoms with van der Waals surface area (Å²) in [4.78, 5) is 21.4. The standard InChI is InChI=1S/C8H9N3O/c1-8(2,11-6-12)7-3-9-5-10-4-7/h3-5H,1-2H3. The molecular formula is C8H9N3O. The van der Waals surface area contributed by atoms with Crippen molar-refractivity contribution in [1.29, 1.82) is 0 Å². The highest BCUT2D eigenvalue weighted by Crippen LogP contribution is 2.21. The third kappa shape index (κ3) is 1.74. The lowest BCUT2D eigenvalue weighted by atomic mass is 9.99. The van der Waals surface area contributed by atoms with Gasteiger partial charge in [-0.25, -0.2) is 14.8 Å². The summed E-state index contributed by atoms with van der Waals surface area (Å²) in [5.41, 5.74) is 0.219. The molecule has 4 heteroatoms. The lowest BCUT2D eigenvalue weighted by Crippen LogP contribution is -2.13. The molecule has 0 aliphatic rings. The molecule has 1 heterocycles. The smallest absolute Gasteiger partial charge is 0.235 e. The van der Waals surface area contributed by atoms with Crippen LogP contribution in [0.3, 0.4) is 0 Å². The van der Waals surface area contributed by atoms with Crippen molar-refractivity contribution in [3.05, 3.63) is 24.3 Å². The second kappa shape index (κ2) is 3.24. The van der Waals surface area contributed by atoms with Crippen LogP contribution >= 0.6 is 0 Å². The SMILES string of the molecule is CC(C)(N=C=O)c1cncnc1. The third-order valence-corrected chi connectivity index (χ3v) is 1.59. The Balaban J connectivity index is 3.05. The molecule has 0 amide bonds.